The molecule has 0 unspecified atom stereocenters. The van der Waals surface area contributed by atoms with Gasteiger partial charge >= 0.3 is 11.9 Å². The number of carbonyl (C=O) groups is 11. The van der Waals surface area contributed by atoms with Gasteiger partial charge in [0.1, 0.15) is 38.3 Å². The maximum atomic E-state index is 12.8. The molecule has 1 aromatic rings. The number of aromatic amines is 1. The second-order valence-corrected chi connectivity index (χ2v) is 23.1. The number of aliphatic hydroxyl groups is 1. The number of nitrogens with zero attached hydrogens (tertiary/aromatic N) is 1. The number of unbranched alkanes of at least 4 members (excludes halogenated alkanes) is 14. The number of amides is 7. The normalized spacial score (nSPS) is 12.2. The monoisotopic (exact) mass is 1410 g/mol. The minimum absolute atomic E-state index is 0. The number of hydrogen-bond donors (Lipinski definition) is 12. The Hall–Kier alpha value is -6.62. The molecule has 0 aliphatic rings. The molecule has 0 bridgehead atoms. The molecule has 0 fully saturated rings. The Bertz CT molecular complexity index is 2300. The van der Waals surface area contributed by atoms with E-state index in [-0.39, 0.29) is 181 Å². The Morgan fingerprint density at radius 3 is 1.34 bits per heavy atom. The van der Waals surface area contributed by atoms with E-state index in [1.54, 1.807) is 6.20 Å². The van der Waals surface area contributed by atoms with Gasteiger partial charge in [0.25, 0.3) is 0 Å². The number of hydrogen-bond acceptors (Lipinski definition) is 22. The minimum Gasteiger partial charge on any atom is -0.481 e. The van der Waals surface area contributed by atoms with Gasteiger partial charge in [-0.05, 0) is 46.0 Å². The van der Waals surface area contributed by atoms with Gasteiger partial charge in [-0.1, -0.05) is 83.5 Å². The van der Waals surface area contributed by atoms with Crippen LogP contribution in [0, 0.1) is 11.8 Å². The zero-order chi connectivity index (χ0) is 72.5. The Kier molecular flexibility index (Phi) is 60.6. The number of carboxylic acids is 2. The number of nitrogens with two attached hydrogens (primary N) is 2. The fourth-order valence-electron chi connectivity index (χ4n) is 9.27. The van der Waals surface area contributed by atoms with E-state index in [0.29, 0.717) is 84.0 Å². The molecule has 14 N–H and O–H groups in total. The molecule has 0 radical (unpaired) electrons. The van der Waals surface area contributed by atoms with Crippen LogP contribution in [-0.4, -0.2) is 247 Å². The number of ether oxygens (including phenoxy) is 8. The number of rotatable bonds is 68. The van der Waals surface area contributed by atoms with Crippen LogP contribution in [0.1, 0.15) is 170 Å². The molecule has 568 valence electrons. The van der Waals surface area contributed by atoms with Crippen LogP contribution in [0.4, 0.5) is 0 Å². The molecule has 32 nitrogen and oxygen atoms in total. The summed E-state index contributed by atoms with van der Waals surface area (Å²) in [6.07, 6.45) is 20.0. The molecule has 7 amide bonds. The molecule has 0 saturated heterocycles. The quantitative estimate of drug-likeness (QED) is 0.0415. The van der Waals surface area contributed by atoms with Gasteiger partial charge in [0.05, 0.1) is 97.6 Å². The predicted molar refractivity (Wildman–Crippen MR) is 364 cm³/mol. The van der Waals surface area contributed by atoms with Crippen LogP contribution in [0.5, 0.6) is 0 Å². The van der Waals surface area contributed by atoms with Crippen LogP contribution < -0.4 is 43.4 Å². The van der Waals surface area contributed by atoms with E-state index in [1.165, 1.54) is 51.3 Å². The lowest BCUT2D eigenvalue weighted by Crippen LogP contribution is -2.41. The highest BCUT2D eigenvalue weighted by Gasteiger charge is 2.29. The summed E-state index contributed by atoms with van der Waals surface area (Å²) >= 11 is 0. The van der Waals surface area contributed by atoms with Gasteiger partial charge < -0.3 is 102 Å². The van der Waals surface area contributed by atoms with Crippen molar-refractivity contribution in [1.29, 1.82) is 0 Å². The lowest BCUT2D eigenvalue weighted by Gasteiger charge is -2.19. The van der Waals surface area contributed by atoms with Crippen LogP contribution in [0.3, 0.4) is 0 Å². The highest BCUT2D eigenvalue weighted by molar-refractivity contribution is 5.92. The summed E-state index contributed by atoms with van der Waals surface area (Å²) in [4.78, 5) is 137. The van der Waals surface area contributed by atoms with Crippen molar-refractivity contribution in [2.75, 3.05) is 145 Å². The molecule has 1 heterocycles. The number of carboxylic acid groups (broad SMARTS) is 2. The number of carbonyl (C=O) groups excluding carboxylic acids is 9. The molecule has 0 saturated carbocycles. The van der Waals surface area contributed by atoms with E-state index in [9.17, 15) is 63.0 Å². The number of ketones is 2. The molecular weight excluding hydrogens is 1280 g/mol. The molecule has 0 spiro atoms. The number of H-pyrrole nitrogens is 1. The van der Waals surface area contributed by atoms with Crippen molar-refractivity contribution < 1.29 is 109 Å². The van der Waals surface area contributed by atoms with E-state index in [4.69, 9.17) is 54.5 Å². The second kappa shape index (κ2) is 65.0. The van der Waals surface area contributed by atoms with Crippen LogP contribution in [-0.2, 0) is 97.1 Å². The van der Waals surface area contributed by atoms with Crippen molar-refractivity contribution >= 4 is 64.9 Å². The van der Waals surface area contributed by atoms with E-state index in [1.807, 2.05) is 13.8 Å². The number of aliphatic carboxylic acids is 2. The summed E-state index contributed by atoms with van der Waals surface area (Å²) in [5, 5.41) is 43.3. The molecule has 1 rings (SSSR count). The molecule has 4 atom stereocenters. The summed E-state index contributed by atoms with van der Waals surface area (Å²) in [7, 11) is 0. The summed E-state index contributed by atoms with van der Waals surface area (Å²) in [5.74, 6) is -6.69. The summed E-state index contributed by atoms with van der Waals surface area (Å²) in [6.45, 7) is 7.96. The third-order valence-corrected chi connectivity index (χ3v) is 14.7. The van der Waals surface area contributed by atoms with E-state index in [0.717, 1.165) is 38.5 Å². The highest BCUT2D eigenvalue weighted by Crippen LogP contribution is 2.21. The highest BCUT2D eigenvalue weighted by atomic mass is 16.5. The minimum atomic E-state index is -1.19. The molecule has 0 aliphatic carbocycles. The largest absolute Gasteiger partial charge is 0.481 e. The first-order valence-electron chi connectivity index (χ1n) is 34.7. The first-order valence-corrected chi connectivity index (χ1v) is 34.7. The number of aliphatic hydroxyl groups excluding tert-OH is 1. The van der Waals surface area contributed by atoms with Crippen LogP contribution in [0.25, 0.3) is 0 Å². The van der Waals surface area contributed by atoms with Gasteiger partial charge in [0.2, 0.25) is 41.4 Å². The van der Waals surface area contributed by atoms with Gasteiger partial charge in [-0.2, -0.15) is 0 Å². The number of imidazole rings is 1. The molecule has 98 heavy (non-hydrogen) atoms. The fourth-order valence-corrected chi connectivity index (χ4v) is 9.27. The molecule has 0 aromatic carbocycles. The molecule has 0 aliphatic heterocycles. The first kappa shape index (κ1) is 91.4. The molecule has 32 heteroatoms. The van der Waals surface area contributed by atoms with Crippen LogP contribution in [0.15, 0.2) is 12.5 Å². The van der Waals surface area contributed by atoms with Crippen molar-refractivity contribution in [1.82, 2.24) is 41.9 Å². The Balaban J connectivity index is -0.00000215. The fraction of sp³-hybridized carbons (Fsp3) is 0.788. The van der Waals surface area contributed by atoms with Gasteiger partial charge in [0, 0.05) is 98.5 Å². The van der Waals surface area contributed by atoms with E-state index >= 15 is 0 Å². The van der Waals surface area contributed by atoms with Crippen molar-refractivity contribution in [3.05, 3.63) is 18.2 Å². The average Bonchev–Trinajstić information content (AvgIpc) is 1.65. The number of Topliss-reactive ketones (excluding diaryl/α,β-unsaturated/α-hetero) is 2. The van der Waals surface area contributed by atoms with Gasteiger partial charge in [-0.25, -0.2) is 9.78 Å². The SMILES string of the molecule is CCNC(=O)COCCOCCNC(=O)COCCOCCNC(=O)COCCOCCNC(=O)CC[C@H](NC(=O)CCCCCCCCCCCCCCCCC(=O)O)C(=O)O.CCOCCOCC(=O)NCCCC[C@H](CC(=O)[C@@H](N)Cc1cnc[nH]1)C(=O)C[C@@H](CO)C(N)=O.[HH].[HH]. The average molecular weight is 1410 g/mol. The number of nitrogens with one attached hydrogen (secondary N) is 7. The smallest absolute Gasteiger partial charge is 0.326 e. The van der Waals surface area contributed by atoms with Gasteiger partial charge in [0.15, 0.2) is 5.78 Å². The zero-order valence-electron chi connectivity index (χ0n) is 58.2. The number of likely N-dealkylation sites (N-methyl/N-ethyl adjacent to an activating group) is 1. The van der Waals surface area contributed by atoms with Crippen LogP contribution >= 0.6 is 0 Å². The Labute approximate surface area is 580 Å². The third kappa shape index (κ3) is 58.4. The lowest BCUT2D eigenvalue weighted by atomic mass is 9.85. The lowest BCUT2D eigenvalue weighted by molar-refractivity contribution is -0.142. The topological polar surface area (TPSA) is 475 Å². The Morgan fingerprint density at radius 1 is 0.480 bits per heavy atom. The maximum absolute atomic E-state index is 12.8. The standard InChI is InChI=1S/C43H79N5O15.C23H39N5O7.2H2/c1-2-44-39(51)33-61-30-27-59-25-22-46-41(53)35-63-32-29-60-26-23-47-40(52)34-62-31-28-58-24-21-45-37(49)20-19-36(43(56)57)48-38(50)17-15-13-11-9-7-5-3-4-6-8-10-12-14-16-18-42(54)55;1-2-34-7-8-35-14-22(32)27-6-4-3-5-16(20(30)10-17(13-29)23(25)33)9-21(31)19(24)11-18-12-26-15-28-18;;/h36H,2-35H2,1H3,(H,44,51)(H,45,49)(H,46,53)(H,47,52)(H,48,50)(H,54,55)(H,56,57);12,15-17,19,29H,2-11,13-14,24H2,1H3,(H2,25,33)(H,26,28)(H,27,32);2*1H/t36-;16-,17+,19+;;/m01../s1. The predicted octanol–water partition coefficient (Wildman–Crippen LogP) is 1.99. The maximum Gasteiger partial charge on any atom is 0.326 e. The number of aromatic nitrogens is 2. The van der Waals surface area contributed by atoms with Gasteiger partial charge in [-0.3, -0.25) is 47.9 Å². The van der Waals surface area contributed by atoms with E-state index in [2.05, 4.69) is 41.9 Å². The third-order valence-electron chi connectivity index (χ3n) is 14.7. The number of primary amides is 1. The van der Waals surface area contributed by atoms with Crippen molar-refractivity contribution in [2.24, 2.45) is 23.3 Å². The van der Waals surface area contributed by atoms with Crippen molar-refractivity contribution in [3.63, 3.8) is 0 Å². The second-order valence-electron chi connectivity index (χ2n) is 23.1. The molecular formula is C66H122N10O22. The zero-order valence-corrected chi connectivity index (χ0v) is 58.2. The van der Waals surface area contributed by atoms with Gasteiger partial charge in [-0.15, -0.1) is 0 Å². The summed E-state index contributed by atoms with van der Waals surface area (Å²) in [6, 6.07) is -1.95. The molecule has 1 aromatic heterocycles. The van der Waals surface area contributed by atoms with E-state index < -0.39 is 48.4 Å². The summed E-state index contributed by atoms with van der Waals surface area (Å²) in [5.41, 5.74) is 12.0. The Morgan fingerprint density at radius 2 is 0.908 bits per heavy atom. The first-order chi connectivity index (χ1) is 47.3. The van der Waals surface area contributed by atoms with Crippen LogP contribution in [0.2, 0.25) is 0 Å². The van der Waals surface area contributed by atoms with Crippen molar-refractivity contribution in [2.45, 2.75) is 180 Å². The summed E-state index contributed by atoms with van der Waals surface area (Å²) < 4.78 is 42.1. The van der Waals surface area contributed by atoms with Crippen molar-refractivity contribution in [3.8, 4) is 0 Å².